The minimum atomic E-state index is -1.12. The Hall–Kier alpha value is -3.10. The Morgan fingerprint density at radius 2 is 2.13 bits per heavy atom. The fraction of sp³-hybridized carbons (Fsp3) is 0.286. The van der Waals surface area contributed by atoms with Gasteiger partial charge in [0.2, 0.25) is 0 Å². The number of hydrogen-bond acceptors (Lipinski definition) is 6. The first-order valence-electron chi connectivity index (χ1n) is 6.76. The first-order valence-corrected chi connectivity index (χ1v) is 6.76. The van der Waals surface area contributed by atoms with Crippen LogP contribution in [0.4, 0.5) is 10.5 Å². The van der Waals surface area contributed by atoms with Gasteiger partial charge in [0.15, 0.2) is 0 Å². The maximum Gasteiger partial charge on any atom is 0.338 e. The van der Waals surface area contributed by atoms with Crippen LogP contribution in [0, 0.1) is 10.1 Å². The van der Waals surface area contributed by atoms with Crippen LogP contribution in [0.2, 0.25) is 0 Å². The van der Waals surface area contributed by atoms with Crippen LogP contribution in [0.1, 0.15) is 25.5 Å². The molecule has 0 saturated carbocycles. The van der Waals surface area contributed by atoms with E-state index in [2.05, 4.69) is 10.6 Å². The van der Waals surface area contributed by atoms with Gasteiger partial charge < -0.3 is 20.5 Å². The Bertz CT molecular complexity index is 712. The Balaban J connectivity index is 2.56. The molecule has 9 nitrogen and oxygen atoms in total. The van der Waals surface area contributed by atoms with E-state index in [4.69, 9.17) is 4.74 Å². The van der Waals surface area contributed by atoms with Gasteiger partial charge in [-0.15, -0.1) is 5.75 Å². The number of rotatable bonds is 4. The van der Waals surface area contributed by atoms with Crippen LogP contribution in [-0.2, 0) is 9.53 Å². The van der Waals surface area contributed by atoms with E-state index in [1.165, 1.54) is 6.92 Å². The number of nitrogens with one attached hydrogen (secondary N) is 2. The second kappa shape index (κ2) is 6.34. The summed E-state index contributed by atoms with van der Waals surface area (Å²) in [7, 11) is 0. The molecule has 2 rings (SSSR count). The number of ether oxygens (including phenoxy) is 1. The number of non-ortho nitro benzene ring substituents is 1. The van der Waals surface area contributed by atoms with Gasteiger partial charge in [0.05, 0.1) is 23.1 Å². The number of allylic oxidation sites excluding steroid dienone is 1. The number of carbonyl (C=O) groups is 2. The van der Waals surface area contributed by atoms with Gasteiger partial charge in [0.1, 0.15) is 0 Å². The van der Waals surface area contributed by atoms with Gasteiger partial charge in [-0.1, -0.05) is 6.07 Å². The minimum absolute atomic E-state index is 0.0315. The van der Waals surface area contributed by atoms with Crippen molar-refractivity contribution in [2.45, 2.75) is 19.9 Å². The van der Waals surface area contributed by atoms with E-state index in [0.717, 1.165) is 18.2 Å². The van der Waals surface area contributed by atoms with Crippen LogP contribution in [-0.4, -0.2) is 23.5 Å². The molecule has 1 atom stereocenters. The first-order chi connectivity index (χ1) is 10.8. The summed E-state index contributed by atoms with van der Waals surface area (Å²) < 4.78 is 4.93. The van der Waals surface area contributed by atoms with E-state index in [-0.39, 0.29) is 29.1 Å². The van der Waals surface area contributed by atoms with Crippen molar-refractivity contribution >= 4 is 17.7 Å². The predicted molar refractivity (Wildman–Crippen MR) is 76.3 cm³/mol. The van der Waals surface area contributed by atoms with E-state index in [0.29, 0.717) is 0 Å². The van der Waals surface area contributed by atoms with E-state index in [1.54, 1.807) is 6.92 Å². The smallest absolute Gasteiger partial charge is 0.338 e. The zero-order chi connectivity index (χ0) is 17.1. The molecular weight excluding hydrogens is 306 g/mol. The molecule has 0 aromatic heterocycles. The van der Waals surface area contributed by atoms with E-state index in [9.17, 15) is 24.8 Å². The normalized spacial score (nSPS) is 17.3. The molecule has 2 N–H and O–H groups in total. The lowest BCUT2D eigenvalue weighted by molar-refractivity contribution is -0.385. The largest absolute Gasteiger partial charge is 0.872 e. The van der Waals surface area contributed by atoms with Crippen molar-refractivity contribution in [3.05, 3.63) is 45.1 Å². The SMILES string of the molecule is CCOC(=O)C1=C(C)NC(=O)N[C@@H]1c1cc([N+](=O)[O-])ccc1[O-]. The minimum Gasteiger partial charge on any atom is -0.872 e. The number of benzene rings is 1. The summed E-state index contributed by atoms with van der Waals surface area (Å²) in [6.45, 7) is 3.21. The summed E-state index contributed by atoms with van der Waals surface area (Å²) in [5.41, 5.74) is -0.128. The fourth-order valence-electron chi connectivity index (χ4n) is 2.28. The Morgan fingerprint density at radius 3 is 2.74 bits per heavy atom. The molecule has 1 aromatic rings. The summed E-state index contributed by atoms with van der Waals surface area (Å²) in [5, 5.41) is 27.8. The molecule has 1 aromatic carbocycles. The molecule has 0 aliphatic carbocycles. The van der Waals surface area contributed by atoms with Gasteiger partial charge in [-0.2, -0.15) is 0 Å². The third-order valence-corrected chi connectivity index (χ3v) is 3.28. The van der Waals surface area contributed by atoms with E-state index in [1.807, 2.05) is 0 Å². The van der Waals surface area contributed by atoms with Gasteiger partial charge >= 0.3 is 12.0 Å². The number of nitro groups is 1. The highest BCUT2D eigenvalue weighted by molar-refractivity contribution is 5.95. The van der Waals surface area contributed by atoms with Gasteiger partial charge in [0.25, 0.3) is 5.69 Å². The molecule has 1 heterocycles. The van der Waals surface area contributed by atoms with Crippen LogP contribution in [0.25, 0.3) is 0 Å². The lowest BCUT2D eigenvalue weighted by Gasteiger charge is -2.30. The lowest BCUT2D eigenvalue weighted by atomic mass is 9.94. The topological polar surface area (TPSA) is 134 Å². The summed E-state index contributed by atoms with van der Waals surface area (Å²) in [4.78, 5) is 34.0. The van der Waals surface area contributed by atoms with Crippen LogP contribution in [0.15, 0.2) is 29.5 Å². The second-order valence-electron chi connectivity index (χ2n) is 4.77. The Morgan fingerprint density at radius 1 is 1.43 bits per heavy atom. The quantitative estimate of drug-likeness (QED) is 0.480. The van der Waals surface area contributed by atoms with Gasteiger partial charge in [-0.25, -0.2) is 9.59 Å². The molecule has 1 aliphatic heterocycles. The van der Waals surface area contributed by atoms with Crippen LogP contribution < -0.4 is 15.7 Å². The number of esters is 1. The van der Waals surface area contributed by atoms with Crippen molar-refractivity contribution in [2.24, 2.45) is 0 Å². The number of amides is 2. The highest BCUT2D eigenvalue weighted by atomic mass is 16.6. The molecule has 9 heteroatoms. The molecule has 2 amide bonds. The highest BCUT2D eigenvalue weighted by Crippen LogP contribution is 2.34. The number of urea groups is 1. The van der Waals surface area contributed by atoms with Gasteiger partial charge in [-0.05, 0) is 19.4 Å². The zero-order valence-corrected chi connectivity index (χ0v) is 12.4. The van der Waals surface area contributed by atoms with Crippen molar-refractivity contribution in [1.82, 2.24) is 10.6 Å². The molecule has 0 radical (unpaired) electrons. The zero-order valence-electron chi connectivity index (χ0n) is 12.4. The molecule has 122 valence electrons. The molecule has 0 unspecified atom stereocenters. The Labute approximate surface area is 131 Å². The number of nitro benzene ring substituents is 1. The number of hydrogen-bond donors (Lipinski definition) is 2. The molecule has 23 heavy (non-hydrogen) atoms. The second-order valence-corrected chi connectivity index (χ2v) is 4.77. The van der Waals surface area contributed by atoms with Gasteiger partial charge in [0, 0.05) is 17.8 Å². The average molecular weight is 320 g/mol. The molecular formula is C14H14N3O6-. The summed E-state index contributed by atoms with van der Waals surface area (Å²) in [6, 6.07) is 1.40. The van der Waals surface area contributed by atoms with Crippen molar-refractivity contribution in [2.75, 3.05) is 6.61 Å². The van der Waals surface area contributed by atoms with E-state index < -0.39 is 28.7 Å². The van der Waals surface area contributed by atoms with Crippen LogP contribution >= 0.6 is 0 Å². The number of carbonyl (C=O) groups excluding carboxylic acids is 2. The van der Waals surface area contributed by atoms with Crippen molar-refractivity contribution in [3.63, 3.8) is 0 Å². The summed E-state index contributed by atoms with van der Waals surface area (Å²) in [6.07, 6.45) is 0. The molecule has 0 saturated heterocycles. The average Bonchev–Trinajstić information content (AvgIpc) is 2.46. The molecule has 1 aliphatic rings. The lowest BCUT2D eigenvalue weighted by Crippen LogP contribution is -2.45. The monoisotopic (exact) mass is 320 g/mol. The summed E-state index contributed by atoms with van der Waals surface area (Å²) in [5.74, 6) is -1.24. The van der Waals surface area contributed by atoms with Crippen LogP contribution in [0.5, 0.6) is 5.75 Å². The Kier molecular flexibility index (Phi) is 4.49. The fourth-order valence-corrected chi connectivity index (χ4v) is 2.28. The van der Waals surface area contributed by atoms with E-state index >= 15 is 0 Å². The van der Waals surface area contributed by atoms with Gasteiger partial charge in [-0.3, -0.25) is 10.1 Å². The highest BCUT2D eigenvalue weighted by Gasteiger charge is 2.33. The summed E-state index contributed by atoms with van der Waals surface area (Å²) >= 11 is 0. The molecule has 0 fully saturated rings. The third-order valence-electron chi connectivity index (χ3n) is 3.28. The molecule has 0 spiro atoms. The van der Waals surface area contributed by atoms with Crippen molar-refractivity contribution < 1.29 is 24.4 Å². The predicted octanol–water partition coefficient (Wildman–Crippen LogP) is 0.859. The maximum absolute atomic E-state index is 12.1. The third kappa shape index (κ3) is 3.23. The first kappa shape index (κ1) is 16.3. The number of nitrogens with zero attached hydrogens (tertiary/aromatic N) is 1. The molecule has 0 bridgehead atoms. The van der Waals surface area contributed by atoms with Crippen molar-refractivity contribution in [1.29, 1.82) is 0 Å². The van der Waals surface area contributed by atoms with Crippen molar-refractivity contribution in [3.8, 4) is 5.75 Å². The maximum atomic E-state index is 12.1. The standard InChI is InChI=1S/C14H15N3O6/c1-3-23-13(19)11-7(2)15-14(20)16-12(11)9-6-8(17(21)22)4-5-10(9)18/h4-6,12,18H,3H2,1-2H3,(H2,15,16,20)/p-1/t12-/m1/s1. The van der Waals surface area contributed by atoms with Crippen LogP contribution in [0.3, 0.4) is 0 Å².